The van der Waals surface area contributed by atoms with Gasteiger partial charge in [-0.1, -0.05) is 44.9 Å². The zero-order chi connectivity index (χ0) is 25.8. The van der Waals surface area contributed by atoms with Crippen LogP contribution in [0.5, 0.6) is 5.75 Å². The van der Waals surface area contributed by atoms with Crippen LogP contribution in [0.3, 0.4) is 0 Å². The molecule has 0 radical (unpaired) electrons. The Kier molecular flexibility index (Phi) is 7.97. The number of nitrogens with zero attached hydrogens (tertiary/aromatic N) is 3. The van der Waals surface area contributed by atoms with Crippen LogP contribution in [0.15, 0.2) is 18.5 Å². The Bertz CT molecular complexity index is 1120. The van der Waals surface area contributed by atoms with E-state index in [0.29, 0.717) is 54.4 Å². The van der Waals surface area contributed by atoms with Crippen molar-refractivity contribution in [3.05, 3.63) is 24.0 Å². The number of anilines is 3. The summed E-state index contributed by atoms with van der Waals surface area (Å²) in [6, 6.07) is 1.71. The second-order valence-electron chi connectivity index (χ2n) is 10.4. The van der Waals surface area contributed by atoms with E-state index in [4.69, 9.17) is 10.5 Å². The second-order valence-corrected chi connectivity index (χ2v) is 12.1. The quantitative estimate of drug-likeness (QED) is 0.534. The van der Waals surface area contributed by atoms with Crippen molar-refractivity contribution in [3.63, 3.8) is 0 Å². The first-order valence-electron chi connectivity index (χ1n) is 13.5. The molecule has 0 bridgehead atoms. The molecule has 9 nitrogen and oxygen atoms in total. The van der Waals surface area contributed by atoms with Gasteiger partial charge in [0.2, 0.25) is 0 Å². The maximum Gasteiger partial charge on any atom is 0.263 e. The molecule has 3 aliphatic rings. The molecule has 0 aromatic carbocycles. The van der Waals surface area contributed by atoms with Crippen LogP contribution in [-0.2, 0) is 16.3 Å². The number of fused-ring (bicyclic) bond motifs is 2. The van der Waals surface area contributed by atoms with Gasteiger partial charge in [-0.05, 0) is 25.7 Å². The van der Waals surface area contributed by atoms with Gasteiger partial charge >= 0.3 is 0 Å². The molecule has 1 saturated heterocycles. The van der Waals surface area contributed by atoms with Crippen LogP contribution in [0.1, 0.15) is 81.0 Å². The second kappa shape index (κ2) is 11.4. The van der Waals surface area contributed by atoms with Crippen molar-refractivity contribution in [2.75, 3.05) is 34.4 Å². The molecule has 2 fully saturated rings. The SMILES string of the molecule is Nc1nn2c(c1C(=O)Nc1cnccc1OC1CCS(=O)CC1)NCC(F)C21CCCCCCCCC1. The first-order chi connectivity index (χ1) is 18.0. The molecule has 4 heterocycles. The summed E-state index contributed by atoms with van der Waals surface area (Å²) in [6.07, 6.45) is 12.3. The summed E-state index contributed by atoms with van der Waals surface area (Å²) in [5.41, 5.74) is 6.15. The number of rotatable bonds is 4. The largest absolute Gasteiger partial charge is 0.488 e. The minimum absolute atomic E-state index is 0.0691. The molecule has 11 heteroatoms. The van der Waals surface area contributed by atoms with Crippen molar-refractivity contribution in [2.45, 2.75) is 88.4 Å². The number of aromatic nitrogens is 3. The maximum atomic E-state index is 15.6. The number of amides is 1. The van der Waals surface area contributed by atoms with Crippen LogP contribution in [0.25, 0.3) is 0 Å². The lowest BCUT2D eigenvalue weighted by molar-refractivity contribution is 0.0721. The monoisotopic (exact) mass is 532 g/mol. The van der Waals surface area contributed by atoms with Crippen molar-refractivity contribution in [3.8, 4) is 5.75 Å². The number of halogens is 1. The van der Waals surface area contributed by atoms with Crippen LogP contribution in [-0.4, -0.2) is 55.2 Å². The van der Waals surface area contributed by atoms with Gasteiger partial charge in [-0.3, -0.25) is 14.0 Å². The molecule has 2 aromatic heterocycles. The van der Waals surface area contributed by atoms with Crippen molar-refractivity contribution >= 4 is 34.0 Å². The van der Waals surface area contributed by atoms with Crippen molar-refractivity contribution < 1.29 is 18.1 Å². The molecular weight excluding hydrogens is 495 g/mol. The van der Waals surface area contributed by atoms with E-state index in [9.17, 15) is 9.00 Å². The fourth-order valence-electron chi connectivity index (χ4n) is 5.88. The lowest BCUT2D eigenvalue weighted by Gasteiger charge is -2.42. The average Bonchev–Trinajstić information content (AvgIpc) is 3.24. The molecule has 5 rings (SSSR count). The Morgan fingerprint density at radius 3 is 2.54 bits per heavy atom. The van der Waals surface area contributed by atoms with E-state index in [1.807, 2.05) is 0 Å². The van der Waals surface area contributed by atoms with E-state index >= 15 is 4.39 Å². The van der Waals surface area contributed by atoms with Crippen molar-refractivity contribution in [1.82, 2.24) is 14.8 Å². The molecule has 2 aromatic rings. The Balaban J connectivity index is 1.40. The summed E-state index contributed by atoms with van der Waals surface area (Å²) in [5, 5.41) is 10.5. The highest BCUT2D eigenvalue weighted by molar-refractivity contribution is 7.85. The number of nitrogens with two attached hydrogens (primary N) is 1. The molecule has 1 saturated carbocycles. The lowest BCUT2D eigenvalue weighted by Crippen LogP contribution is -2.51. The first kappa shape index (κ1) is 25.9. The zero-order valence-corrected chi connectivity index (χ0v) is 22.0. The Morgan fingerprint density at radius 1 is 1.16 bits per heavy atom. The number of hydrogen-bond donors (Lipinski definition) is 3. The number of nitrogens with one attached hydrogen (secondary N) is 2. The van der Waals surface area contributed by atoms with Crippen LogP contribution in [0.4, 0.5) is 21.7 Å². The molecule has 202 valence electrons. The van der Waals surface area contributed by atoms with E-state index in [1.165, 1.54) is 25.5 Å². The van der Waals surface area contributed by atoms with Gasteiger partial charge in [-0.25, -0.2) is 9.07 Å². The van der Waals surface area contributed by atoms with Gasteiger partial charge in [0.15, 0.2) is 5.82 Å². The molecule has 1 amide bonds. The van der Waals surface area contributed by atoms with Gasteiger partial charge in [-0.2, -0.15) is 5.10 Å². The molecule has 1 unspecified atom stereocenters. The number of pyridine rings is 1. The number of nitrogen functional groups attached to an aromatic ring is 1. The number of alkyl halides is 1. The Hall–Kier alpha value is -2.69. The number of carbonyl (C=O) groups is 1. The van der Waals surface area contributed by atoms with Gasteiger partial charge in [0.05, 0.1) is 11.7 Å². The zero-order valence-electron chi connectivity index (χ0n) is 21.2. The molecule has 4 N–H and O–H groups in total. The molecule has 1 spiro atoms. The van der Waals surface area contributed by atoms with Crippen LogP contribution < -0.4 is 21.1 Å². The molecule has 1 atom stereocenters. The number of carbonyl (C=O) groups excluding carboxylic acids is 1. The van der Waals surface area contributed by atoms with E-state index in [1.54, 1.807) is 16.9 Å². The van der Waals surface area contributed by atoms with Crippen molar-refractivity contribution in [2.24, 2.45) is 0 Å². The minimum Gasteiger partial charge on any atom is -0.488 e. The van der Waals surface area contributed by atoms with Gasteiger partial charge < -0.3 is 21.1 Å². The first-order valence-corrected chi connectivity index (χ1v) is 15.0. The van der Waals surface area contributed by atoms with Gasteiger partial charge in [0.25, 0.3) is 5.91 Å². The topological polar surface area (TPSA) is 124 Å². The van der Waals surface area contributed by atoms with Gasteiger partial charge in [0.1, 0.15) is 35.1 Å². The summed E-state index contributed by atoms with van der Waals surface area (Å²) in [6.45, 7) is 0.121. The average molecular weight is 533 g/mol. The smallest absolute Gasteiger partial charge is 0.263 e. The Labute approximate surface area is 219 Å². The predicted molar refractivity (Wildman–Crippen MR) is 143 cm³/mol. The minimum atomic E-state index is -1.11. The highest BCUT2D eigenvalue weighted by atomic mass is 32.2. The van der Waals surface area contributed by atoms with E-state index in [2.05, 4.69) is 20.7 Å². The van der Waals surface area contributed by atoms with Crippen LogP contribution >= 0.6 is 0 Å². The summed E-state index contributed by atoms with van der Waals surface area (Å²) < 4.78 is 35.1. The molecule has 2 aliphatic heterocycles. The third-order valence-corrected chi connectivity index (χ3v) is 9.35. The molecule has 37 heavy (non-hydrogen) atoms. The maximum absolute atomic E-state index is 15.6. The summed E-state index contributed by atoms with van der Waals surface area (Å²) >= 11 is 0. The lowest BCUT2D eigenvalue weighted by atomic mass is 9.80. The third-order valence-electron chi connectivity index (χ3n) is 7.97. The van der Waals surface area contributed by atoms with Crippen LogP contribution in [0, 0.1) is 0 Å². The highest BCUT2D eigenvalue weighted by Gasteiger charge is 2.47. The fourth-order valence-corrected chi connectivity index (χ4v) is 7.14. The normalized spacial score (nSPS) is 26.0. The third kappa shape index (κ3) is 5.46. The molecule has 1 aliphatic carbocycles. The Morgan fingerprint density at radius 2 is 1.84 bits per heavy atom. The van der Waals surface area contributed by atoms with Gasteiger partial charge in [0, 0.05) is 41.1 Å². The summed E-state index contributed by atoms with van der Waals surface area (Å²) in [4.78, 5) is 17.7. The highest BCUT2D eigenvalue weighted by Crippen LogP contribution is 2.43. The number of hydrogen-bond acceptors (Lipinski definition) is 7. The van der Waals surface area contributed by atoms with Crippen molar-refractivity contribution in [1.29, 1.82) is 0 Å². The van der Waals surface area contributed by atoms with E-state index in [-0.39, 0.29) is 24.0 Å². The van der Waals surface area contributed by atoms with E-state index in [0.717, 1.165) is 25.7 Å². The van der Waals surface area contributed by atoms with Crippen LogP contribution in [0.2, 0.25) is 0 Å². The predicted octanol–water partition coefficient (Wildman–Crippen LogP) is 4.39. The fraction of sp³-hybridized carbons (Fsp3) is 0.654. The standard InChI is InChI=1S/C26H37FN6O3S/c27-21-17-30-24-22(23(28)32-33(24)26(21)11-6-4-2-1-3-5-7-12-26)25(34)31-19-16-29-13-8-20(19)36-18-9-14-37(35)15-10-18/h8,13,16,18,21,30H,1-7,9-12,14-15,17H2,(H2,28,32)(H,31,34). The molecular formula is C26H37FN6O3S. The number of ether oxygens (including phenoxy) is 1. The summed E-state index contributed by atoms with van der Waals surface area (Å²) in [7, 11) is -0.788. The van der Waals surface area contributed by atoms with E-state index < -0.39 is 28.4 Å². The summed E-state index contributed by atoms with van der Waals surface area (Å²) in [5.74, 6) is 1.83. The van der Waals surface area contributed by atoms with Gasteiger partial charge in [-0.15, -0.1) is 0 Å².